The van der Waals surface area contributed by atoms with E-state index in [1.807, 2.05) is 0 Å². The third-order valence-electron chi connectivity index (χ3n) is 3.71. The summed E-state index contributed by atoms with van der Waals surface area (Å²) < 4.78 is 39.4. The lowest BCUT2D eigenvalue weighted by Gasteiger charge is -2.22. The summed E-state index contributed by atoms with van der Waals surface area (Å²) in [6, 6.07) is 1.53. The van der Waals surface area contributed by atoms with E-state index in [4.69, 9.17) is 9.47 Å². The number of hydrogen-bond acceptors (Lipinski definition) is 5. The zero-order valence-electron chi connectivity index (χ0n) is 13.1. The van der Waals surface area contributed by atoms with E-state index in [1.54, 1.807) is 0 Å². The molecule has 2 rings (SSSR count). The first-order valence-corrected chi connectivity index (χ1v) is 7.13. The molecule has 1 aliphatic heterocycles. The summed E-state index contributed by atoms with van der Waals surface area (Å²) in [5, 5.41) is 9.18. The van der Waals surface area contributed by atoms with E-state index in [-0.39, 0.29) is 22.8 Å². The number of nitrogens with zero attached hydrogens (tertiary/aromatic N) is 1. The van der Waals surface area contributed by atoms with Crippen LogP contribution in [0.1, 0.15) is 23.2 Å². The molecule has 1 N–H and O–H groups in total. The van der Waals surface area contributed by atoms with Gasteiger partial charge in [0.15, 0.2) is 11.5 Å². The zero-order valence-corrected chi connectivity index (χ0v) is 13.1. The van der Waals surface area contributed by atoms with Gasteiger partial charge in [0.1, 0.15) is 6.04 Å². The predicted octanol–water partition coefficient (Wildman–Crippen LogP) is 1.99. The van der Waals surface area contributed by atoms with Crippen LogP contribution in [0, 0.1) is 0 Å². The maximum Gasteiger partial charge on any atom is 0.387 e. The summed E-state index contributed by atoms with van der Waals surface area (Å²) in [4.78, 5) is 25.0. The molecule has 0 saturated carbocycles. The minimum Gasteiger partial charge on any atom is -0.493 e. The first-order valence-electron chi connectivity index (χ1n) is 7.13. The number of methoxy groups -OCH3 is 2. The number of alkyl halides is 2. The van der Waals surface area contributed by atoms with Crippen LogP contribution in [-0.2, 0) is 4.79 Å². The molecule has 1 amide bonds. The zero-order chi connectivity index (χ0) is 17.9. The average molecular weight is 345 g/mol. The largest absolute Gasteiger partial charge is 0.493 e. The van der Waals surface area contributed by atoms with Crippen LogP contribution in [0.25, 0.3) is 0 Å². The minimum atomic E-state index is -3.09. The molecule has 0 aromatic heterocycles. The van der Waals surface area contributed by atoms with Crippen molar-refractivity contribution in [1.29, 1.82) is 0 Å². The number of halogens is 2. The standard InChI is InChI=1S/C15H17F2NO6/c1-22-10-6-8(7-11(23-2)12(10)24-15(16)17)13(19)18-5-3-4-9(18)14(20)21/h6-7,9,15H,3-5H2,1-2H3,(H,20,21)/t9-/m1/s1. The van der Waals surface area contributed by atoms with Crippen molar-refractivity contribution in [2.45, 2.75) is 25.5 Å². The van der Waals surface area contributed by atoms with Gasteiger partial charge in [-0.3, -0.25) is 4.79 Å². The number of amides is 1. The summed E-state index contributed by atoms with van der Waals surface area (Å²) in [6.07, 6.45) is 0.936. The van der Waals surface area contributed by atoms with Crippen LogP contribution in [-0.4, -0.2) is 55.3 Å². The topological polar surface area (TPSA) is 85.3 Å². The fourth-order valence-electron chi connectivity index (χ4n) is 2.64. The number of aliphatic carboxylic acids is 1. The third kappa shape index (κ3) is 3.50. The molecule has 0 bridgehead atoms. The Labute approximate surface area is 136 Å². The summed E-state index contributed by atoms with van der Waals surface area (Å²) >= 11 is 0. The summed E-state index contributed by atoms with van der Waals surface area (Å²) in [5.74, 6) is -2.17. The second-order valence-electron chi connectivity index (χ2n) is 5.08. The van der Waals surface area contributed by atoms with Crippen LogP contribution in [0.5, 0.6) is 17.2 Å². The molecule has 0 radical (unpaired) electrons. The molecular weight excluding hydrogens is 328 g/mol. The van der Waals surface area contributed by atoms with E-state index in [1.165, 1.54) is 31.3 Å². The Hall–Kier alpha value is -2.58. The molecule has 9 heteroatoms. The van der Waals surface area contributed by atoms with Crippen LogP contribution in [0.4, 0.5) is 8.78 Å². The SMILES string of the molecule is COc1cc(C(=O)N2CCC[C@@H]2C(=O)O)cc(OC)c1OC(F)F. The number of ether oxygens (including phenoxy) is 3. The number of carboxylic acids is 1. The molecule has 1 aliphatic rings. The van der Waals surface area contributed by atoms with E-state index in [0.717, 1.165) is 0 Å². The Bertz CT molecular complexity index is 611. The average Bonchev–Trinajstić information content (AvgIpc) is 3.03. The second-order valence-corrected chi connectivity index (χ2v) is 5.08. The van der Waals surface area contributed by atoms with E-state index in [2.05, 4.69) is 4.74 Å². The number of rotatable bonds is 6. The van der Waals surface area contributed by atoms with Crippen molar-refractivity contribution in [3.63, 3.8) is 0 Å². The molecule has 7 nitrogen and oxygen atoms in total. The highest BCUT2D eigenvalue weighted by atomic mass is 19.3. The molecule has 1 aromatic rings. The lowest BCUT2D eigenvalue weighted by atomic mass is 10.1. The van der Waals surface area contributed by atoms with Crippen molar-refractivity contribution >= 4 is 11.9 Å². The smallest absolute Gasteiger partial charge is 0.387 e. The van der Waals surface area contributed by atoms with Gasteiger partial charge >= 0.3 is 12.6 Å². The second kappa shape index (κ2) is 7.33. The van der Waals surface area contributed by atoms with Crippen LogP contribution >= 0.6 is 0 Å². The van der Waals surface area contributed by atoms with Crippen molar-refractivity contribution in [3.8, 4) is 17.2 Å². The summed E-state index contributed by atoms with van der Waals surface area (Å²) in [6.45, 7) is -2.79. The van der Waals surface area contributed by atoms with Crippen LogP contribution < -0.4 is 14.2 Å². The van der Waals surface area contributed by atoms with Gasteiger partial charge in [-0.25, -0.2) is 4.79 Å². The first-order chi connectivity index (χ1) is 11.4. The molecule has 1 heterocycles. The fourth-order valence-corrected chi connectivity index (χ4v) is 2.64. The van der Waals surface area contributed by atoms with Gasteiger partial charge in [0.25, 0.3) is 5.91 Å². The van der Waals surface area contributed by atoms with Gasteiger partial charge in [0, 0.05) is 12.1 Å². The number of likely N-dealkylation sites (tertiary alicyclic amines) is 1. The number of benzene rings is 1. The summed E-state index contributed by atoms with van der Waals surface area (Å²) in [7, 11) is 2.47. The van der Waals surface area contributed by atoms with Crippen molar-refractivity contribution in [3.05, 3.63) is 17.7 Å². The Kier molecular flexibility index (Phi) is 5.42. The fraction of sp³-hybridized carbons (Fsp3) is 0.467. The quantitative estimate of drug-likeness (QED) is 0.849. The lowest BCUT2D eigenvalue weighted by Crippen LogP contribution is -2.40. The van der Waals surface area contributed by atoms with Crippen molar-refractivity contribution in [2.24, 2.45) is 0 Å². The van der Waals surface area contributed by atoms with Gasteiger partial charge in [0.2, 0.25) is 5.75 Å². The maximum atomic E-state index is 12.6. The molecule has 24 heavy (non-hydrogen) atoms. The monoisotopic (exact) mass is 345 g/mol. The highest BCUT2D eigenvalue weighted by Crippen LogP contribution is 2.40. The van der Waals surface area contributed by atoms with Crippen LogP contribution in [0.15, 0.2) is 12.1 Å². The number of carbonyl (C=O) groups is 2. The van der Waals surface area contributed by atoms with E-state index in [9.17, 15) is 23.5 Å². The molecule has 132 valence electrons. The minimum absolute atomic E-state index is 0.0680. The predicted molar refractivity (Wildman–Crippen MR) is 77.9 cm³/mol. The Morgan fingerprint density at radius 1 is 1.25 bits per heavy atom. The molecule has 1 aromatic carbocycles. The highest BCUT2D eigenvalue weighted by molar-refractivity contribution is 5.98. The van der Waals surface area contributed by atoms with E-state index in [0.29, 0.717) is 19.4 Å². The van der Waals surface area contributed by atoms with Gasteiger partial charge in [-0.05, 0) is 25.0 Å². The third-order valence-corrected chi connectivity index (χ3v) is 3.71. The molecular formula is C15H17F2NO6. The Morgan fingerprint density at radius 2 is 1.83 bits per heavy atom. The van der Waals surface area contributed by atoms with E-state index >= 15 is 0 Å². The Balaban J connectivity index is 2.40. The Morgan fingerprint density at radius 3 is 2.29 bits per heavy atom. The first kappa shape index (κ1) is 17.8. The lowest BCUT2D eigenvalue weighted by molar-refractivity contribution is -0.141. The van der Waals surface area contributed by atoms with Crippen molar-refractivity contribution in [2.75, 3.05) is 20.8 Å². The van der Waals surface area contributed by atoms with Crippen molar-refractivity contribution in [1.82, 2.24) is 4.90 Å². The molecule has 1 fully saturated rings. The van der Waals surface area contributed by atoms with E-state index < -0.39 is 24.5 Å². The number of carbonyl (C=O) groups excluding carboxylic acids is 1. The van der Waals surface area contributed by atoms with Gasteiger partial charge in [-0.1, -0.05) is 0 Å². The van der Waals surface area contributed by atoms with Gasteiger partial charge < -0.3 is 24.2 Å². The van der Waals surface area contributed by atoms with Crippen LogP contribution in [0.3, 0.4) is 0 Å². The molecule has 1 saturated heterocycles. The maximum absolute atomic E-state index is 12.6. The highest BCUT2D eigenvalue weighted by Gasteiger charge is 2.35. The van der Waals surface area contributed by atoms with Crippen molar-refractivity contribution < 1.29 is 37.7 Å². The summed E-state index contributed by atoms with van der Waals surface area (Å²) in [5.41, 5.74) is 0.0680. The number of carboxylic acid groups (broad SMARTS) is 1. The van der Waals surface area contributed by atoms with Gasteiger partial charge in [0.05, 0.1) is 14.2 Å². The molecule has 0 aliphatic carbocycles. The normalized spacial score (nSPS) is 17.0. The molecule has 0 unspecified atom stereocenters. The molecule has 1 atom stereocenters. The van der Waals surface area contributed by atoms with Gasteiger partial charge in [-0.2, -0.15) is 8.78 Å². The van der Waals surface area contributed by atoms with Crippen LogP contribution in [0.2, 0.25) is 0 Å². The molecule has 0 spiro atoms. The number of hydrogen-bond donors (Lipinski definition) is 1. The van der Waals surface area contributed by atoms with Gasteiger partial charge in [-0.15, -0.1) is 0 Å².